The summed E-state index contributed by atoms with van der Waals surface area (Å²) in [6, 6.07) is 12.8. The van der Waals surface area contributed by atoms with Crippen molar-refractivity contribution < 1.29 is 18.7 Å². The zero-order valence-electron chi connectivity index (χ0n) is 13.1. The first-order valence-electron chi connectivity index (χ1n) is 7.49. The Morgan fingerprint density at radius 3 is 2.67 bits per heavy atom. The second kappa shape index (κ2) is 6.72. The highest BCUT2D eigenvalue weighted by Gasteiger charge is 2.13. The molecular weight excluding hydrogens is 311 g/mol. The summed E-state index contributed by atoms with van der Waals surface area (Å²) in [6.07, 6.45) is 0. The van der Waals surface area contributed by atoms with Crippen LogP contribution in [-0.2, 0) is 0 Å². The normalized spacial score (nSPS) is 10.8. The Hall–Kier alpha value is -2.86. The van der Waals surface area contributed by atoms with E-state index in [1.54, 1.807) is 12.1 Å². The molecule has 24 heavy (non-hydrogen) atoms. The van der Waals surface area contributed by atoms with Crippen molar-refractivity contribution in [2.45, 2.75) is 0 Å². The number of likely N-dealkylation sites (N-methyl/N-ethyl adjacent to an activating group) is 1. The van der Waals surface area contributed by atoms with E-state index >= 15 is 0 Å². The van der Waals surface area contributed by atoms with Gasteiger partial charge in [-0.05, 0) is 48.5 Å². The molecule has 0 saturated carbocycles. The lowest BCUT2D eigenvalue weighted by Crippen LogP contribution is -2.21. The Morgan fingerprint density at radius 2 is 1.96 bits per heavy atom. The van der Waals surface area contributed by atoms with Crippen molar-refractivity contribution in [3.8, 4) is 0 Å². The lowest BCUT2D eigenvalue weighted by Gasteiger charge is -2.18. The maximum Gasteiger partial charge on any atom is 0.291 e. The summed E-state index contributed by atoms with van der Waals surface area (Å²) < 4.78 is 18.6. The predicted octanol–water partition coefficient (Wildman–Crippen LogP) is 3.25. The monoisotopic (exact) mass is 328 g/mol. The molecule has 0 spiro atoms. The number of hydrogen-bond acceptors (Lipinski definition) is 4. The minimum Gasteiger partial charge on any atom is -0.451 e. The molecule has 0 unspecified atom stereocenters. The van der Waals surface area contributed by atoms with Crippen molar-refractivity contribution in [1.29, 1.82) is 0 Å². The number of carbonyl (C=O) groups is 1. The Labute approximate surface area is 138 Å². The first kappa shape index (κ1) is 16.0. The van der Waals surface area contributed by atoms with E-state index in [2.05, 4.69) is 5.32 Å². The van der Waals surface area contributed by atoms with Crippen LogP contribution in [0, 0.1) is 5.82 Å². The van der Waals surface area contributed by atoms with Crippen LogP contribution in [0.3, 0.4) is 0 Å². The highest BCUT2D eigenvalue weighted by molar-refractivity contribution is 6.04. The average Bonchev–Trinajstić information content (AvgIpc) is 2.99. The van der Waals surface area contributed by atoms with Crippen LogP contribution in [0.15, 0.2) is 52.9 Å². The number of hydrogen-bond donors (Lipinski definition) is 2. The first-order chi connectivity index (χ1) is 11.6. The Morgan fingerprint density at radius 1 is 1.21 bits per heavy atom. The number of aliphatic hydroxyl groups is 1. The fourth-order valence-corrected chi connectivity index (χ4v) is 2.40. The molecular formula is C18H17FN2O3. The number of amides is 1. The number of fused-ring (bicyclic) bond motifs is 1. The molecule has 0 radical (unpaired) electrons. The first-order valence-corrected chi connectivity index (χ1v) is 7.49. The van der Waals surface area contributed by atoms with Crippen molar-refractivity contribution in [1.82, 2.24) is 0 Å². The van der Waals surface area contributed by atoms with E-state index in [4.69, 9.17) is 9.52 Å². The van der Waals surface area contributed by atoms with E-state index < -0.39 is 5.91 Å². The quantitative estimate of drug-likeness (QED) is 0.754. The van der Waals surface area contributed by atoms with Gasteiger partial charge >= 0.3 is 0 Å². The zero-order chi connectivity index (χ0) is 17.1. The molecule has 3 rings (SSSR count). The highest BCUT2D eigenvalue weighted by atomic mass is 19.1. The van der Waals surface area contributed by atoms with Crippen LogP contribution in [0.25, 0.3) is 11.0 Å². The molecule has 3 aromatic rings. The predicted molar refractivity (Wildman–Crippen MR) is 90.9 cm³/mol. The lowest BCUT2D eigenvalue weighted by atomic mass is 10.2. The Balaban J connectivity index is 1.73. The molecule has 0 atom stereocenters. The minimum absolute atomic E-state index is 0.0711. The topological polar surface area (TPSA) is 65.7 Å². The SMILES string of the molecule is CN(CCO)c1ccc(NC(=O)c2cc3cc(F)ccc3o2)cc1. The van der Waals surface area contributed by atoms with Crippen molar-refractivity contribution >= 4 is 28.3 Å². The van der Waals surface area contributed by atoms with Crippen molar-refractivity contribution in [2.24, 2.45) is 0 Å². The smallest absolute Gasteiger partial charge is 0.291 e. The van der Waals surface area contributed by atoms with E-state index in [9.17, 15) is 9.18 Å². The third-order valence-corrected chi connectivity index (χ3v) is 3.70. The number of benzene rings is 2. The molecule has 1 amide bonds. The highest BCUT2D eigenvalue weighted by Crippen LogP contribution is 2.22. The number of halogens is 1. The van der Waals surface area contributed by atoms with Crippen LogP contribution in [0.2, 0.25) is 0 Å². The number of anilines is 2. The minimum atomic E-state index is -0.400. The standard InChI is InChI=1S/C18H17FN2O3/c1-21(8-9-22)15-5-3-14(4-6-15)20-18(23)17-11-12-10-13(19)2-7-16(12)24-17/h2-7,10-11,22H,8-9H2,1H3,(H,20,23). The van der Waals surface area contributed by atoms with E-state index in [1.165, 1.54) is 24.3 Å². The van der Waals surface area contributed by atoms with Gasteiger partial charge in [-0.2, -0.15) is 0 Å². The molecule has 124 valence electrons. The third-order valence-electron chi connectivity index (χ3n) is 3.70. The molecule has 0 fully saturated rings. The number of rotatable bonds is 5. The number of carbonyl (C=O) groups excluding carboxylic acids is 1. The number of aliphatic hydroxyl groups excluding tert-OH is 1. The lowest BCUT2D eigenvalue weighted by molar-refractivity contribution is 0.0998. The summed E-state index contributed by atoms with van der Waals surface area (Å²) in [5, 5.41) is 12.2. The molecule has 1 aromatic heterocycles. The molecule has 2 N–H and O–H groups in total. The van der Waals surface area contributed by atoms with Crippen molar-refractivity contribution in [3.63, 3.8) is 0 Å². The Kier molecular flexibility index (Phi) is 4.48. The summed E-state index contributed by atoms with van der Waals surface area (Å²) in [5.41, 5.74) is 2.01. The number of nitrogens with zero attached hydrogens (tertiary/aromatic N) is 1. The van der Waals surface area contributed by atoms with Gasteiger partial charge in [0.1, 0.15) is 11.4 Å². The molecule has 1 heterocycles. The van der Waals surface area contributed by atoms with Gasteiger partial charge in [-0.25, -0.2) is 4.39 Å². The van der Waals surface area contributed by atoms with Gasteiger partial charge in [0, 0.05) is 30.4 Å². The molecule has 0 aliphatic rings. The van der Waals surface area contributed by atoms with Crippen LogP contribution < -0.4 is 10.2 Å². The molecule has 6 heteroatoms. The van der Waals surface area contributed by atoms with E-state index in [1.807, 2.05) is 24.1 Å². The molecule has 0 aliphatic carbocycles. The Bertz CT molecular complexity index is 858. The largest absolute Gasteiger partial charge is 0.451 e. The van der Waals surface area contributed by atoms with Gasteiger partial charge in [0.25, 0.3) is 5.91 Å². The van der Waals surface area contributed by atoms with Crippen LogP contribution >= 0.6 is 0 Å². The van der Waals surface area contributed by atoms with Crippen LogP contribution in [0.5, 0.6) is 0 Å². The van der Waals surface area contributed by atoms with Gasteiger partial charge in [0.2, 0.25) is 0 Å². The summed E-state index contributed by atoms with van der Waals surface area (Å²) in [5.74, 6) is -0.655. The van der Waals surface area contributed by atoms with E-state index in [0.717, 1.165) is 5.69 Å². The number of nitrogens with one attached hydrogen (secondary N) is 1. The van der Waals surface area contributed by atoms with Crippen LogP contribution in [0.4, 0.5) is 15.8 Å². The van der Waals surface area contributed by atoms with Gasteiger partial charge in [0.15, 0.2) is 5.76 Å². The van der Waals surface area contributed by atoms with Gasteiger partial charge in [0.05, 0.1) is 6.61 Å². The fourth-order valence-electron chi connectivity index (χ4n) is 2.40. The molecule has 2 aromatic carbocycles. The number of furan rings is 1. The second-order valence-electron chi connectivity index (χ2n) is 5.44. The summed E-state index contributed by atoms with van der Waals surface area (Å²) in [4.78, 5) is 14.2. The summed E-state index contributed by atoms with van der Waals surface area (Å²) in [6.45, 7) is 0.600. The summed E-state index contributed by atoms with van der Waals surface area (Å²) >= 11 is 0. The van der Waals surface area contributed by atoms with Crippen LogP contribution in [0.1, 0.15) is 10.6 Å². The zero-order valence-corrected chi connectivity index (χ0v) is 13.1. The van der Waals surface area contributed by atoms with Crippen LogP contribution in [-0.4, -0.2) is 31.2 Å². The van der Waals surface area contributed by atoms with E-state index in [-0.39, 0.29) is 18.2 Å². The maximum atomic E-state index is 13.2. The maximum absolute atomic E-state index is 13.2. The van der Waals surface area contributed by atoms with Crippen molar-refractivity contribution in [3.05, 3.63) is 60.1 Å². The molecule has 0 bridgehead atoms. The molecule has 5 nitrogen and oxygen atoms in total. The fraction of sp³-hybridized carbons (Fsp3) is 0.167. The third kappa shape index (κ3) is 3.38. The van der Waals surface area contributed by atoms with Crippen molar-refractivity contribution in [2.75, 3.05) is 30.4 Å². The van der Waals surface area contributed by atoms with Gasteiger partial charge in [-0.1, -0.05) is 0 Å². The van der Waals surface area contributed by atoms with Gasteiger partial charge < -0.3 is 19.7 Å². The second-order valence-corrected chi connectivity index (χ2v) is 5.44. The van der Waals surface area contributed by atoms with Gasteiger partial charge in [-0.15, -0.1) is 0 Å². The van der Waals surface area contributed by atoms with E-state index in [0.29, 0.717) is 23.2 Å². The molecule has 0 aliphatic heterocycles. The summed E-state index contributed by atoms with van der Waals surface area (Å²) in [7, 11) is 1.87. The molecule has 0 saturated heterocycles. The van der Waals surface area contributed by atoms with Gasteiger partial charge in [-0.3, -0.25) is 4.79 Å². The average molecular weight is 328 g/mol.